The summed E-state index contributed by atoms with van der Waals surface area (Å²) in [5.41, 5.74) is 4.74. The van der Waals surface area contributed by atoms with Crippen LogP contribution >= 0.6 is 0 Å². The molecule has 98 valence electrons. The highest BCUT2D eigenvalue weighted by atomic mass is 15.2. The van der Waals surface area contributed by atoms with Crippen molar-refractivity contribution in [2.45, 2.75) is 70.8 Å². The van der Waals surface area contributed by atoms with Gasteiger partial charge in [0.2, 0.25) is 0 Å². The summed E-state index contributed by atoms with van der Waals surface area (Å²) in [5, 5.41) is 0. The zero-order chi connectivity index (χ0) is 12.1. The van der Waals surface area contributed by atoms with Gasteiger partial charge in [0.1, 0.15) is 0 Å². The van der Waals surface area contributed by atoms with E-state index in [2.05, 4.69) is 18.4 Å². The number of nitrogens with two attached hydrogens (primary N) is 1. The Bertz CT molecular complexity index is 252. The Morgan fingerprint density at radius 3 is 2.65 bits per heavy atom. The van der Waals surface area contributed by atoms with E-state index in [9.17, 15) is 0 Å². The highest BCUT2D eigenvalue weighted by molar-refractivity contribution is 5.07. The topological polar surface area (TPSA) is 38.0 Å². The molecule has 3 N–H and O–H groups in total. The van der Waals surface area contributed by atoms with Crippen LogP contribution in [0.4, 0.5) is 0 Å². The van der Waals surface area contributed by atoms with E-state index in [0.717, 1.165) is 11.8 Å². The van der Waals surface area contributed by atoms with Gasteiger partial charge in [0.15, 0.2) is 0 Å². The molecule has 1 saturated carbocycles. The summed E-state index contributed by atoms with van der Waals surface area (Å²) in [5.74, 6) is 7.51. The third kappa shape index (κ3) is 3.82. The van der Waals surface area contributed by atoms with Gasteiger partial charge in [0.25, 0.3) is 0 Å². The van der Waals surface area contributed by atoms with Crippen molar-refractivity contribution in [3.05, 3.63) is 11.6 Å². The second kappa shape index (κ2) is 6.55. The lowest BCUT2D eigenvalue weighted by atomic mass is 9.77. The predicted octanol–water partition coefficient (Wildman–Crippen LogP) is 3.54. The Balaban J connectivity index is 1.85. The predicted molar refractivity (Wildman–Crippen MR) is 73.4 cm³/mol. The first kappa shape index (κ1) is 13.1. The fraction of sp³-hybridized carbons (Fsp3) is 0.867. The summed E-state index contributed by atoms with van der Waals surface area (Å²) in [7, 11) is 0. The summed E-state index contributed by atoms with van der Waals surface area (Å²) in [6, 6.07) is 0.520. The van der Waals surface area contributed by atoms with E-state index in [1.54, 1.807) is 5.57 Å². The second-order valence-corrected chi connectivity index (χ2v) is 6.11. The molecule has 0 spiro atoms. The summed E-state index contributed by atoms with van der Waals surface area (Å²) >= 11 is 0. The first-order chi connectivity index (χ1) is 8.29. The van der Waals surface area contributed by atoms with Crippen molar-refractivity contribution in [1.29, 1.82) is 0 Å². The molecule has 2 nitrogen and oxygen atoms in total. The molecule has 0 aromatic rings. The van der Waals surface area contributed by atoms with E-state index in [1.807, 2.05) is 0 Å². The van der Waals surface area contributed by atoms with Crippen molar-refractivity contribution in [1.82, 2.24) is 5.43 Å². The molecule has 17 heavy (non-hydrogen) atoms. The first-order valence-corrected chi connectivity index (χ1v) is 7.43. The van der Waals surface area contributed by atoms with Gasteiger partial charge in [0, 0.05) is 6.04 Å². The van der Waals surface area contributed by atoms with E-state index in [1.165, 1.54) is 57.8 Å². The van der Waals surface area contributed by atoms with E-state index >= 15 is 0 Å². The van der Waals surface area contributed by atoms with Crippen molar-refractivity contribution >= 4 is 0 Å². The summed E-state index contributed by atoms with van der Waals surface area (Å²) in [6.07, 6.45) is 14.5. The molecule has 0 bridgehead atoms. The quantitative estimate of drug-likeness (QED) is 0.445. The Kier molecular flexibility index (Phi) is 5.05. The van der Waals surface area contributed by atoms with Gasteiger partial charge >= 0.3 is 0 Å². The number of nitrogens with one attached hydrogen (secondary N) is 1. The molecule has 2 heteroatoms. The van der Waals surface area contributed by atoms with Crippen LogP contribution in [0.2, 0.25) is 0 Å². The number of hydrogen-bond acceptors (Lipinski definition) is 2. The third-order valence-corrected chi connectivity index (χ3v) is 4.71. The second-order valence-electron chi connectivity index (χ2n) is 6.11. The lowest BCUT2D eigenvalue weighted by Crippen LogP contribution is -2.42. The molecule has 0 heterocycles. The van der Waals surface area contributed by atoms with Crippen LogP contribution in [0.15, 0.2) is 11.6 Å². The molecule has 2 rings (SSSR count). The van der Waals surface area contributed by atoms with Crippen LogP contribution in [-0.2, 0) is 0 Å². The van der Waals surface area contributed by atoms with E-state index < -0.39 is 0 Å². The van der Waals surface area contributed by atoms with Gasteiger partial charge in [-0.05, 0) is 56.8 Å². The molecule has 0 aromatic carbocycles. The Morgan fingerprint density at radius 2 is 2.06 bits per heavy atom. The van der Waals surface area contributed by atoms with Crippen LogP contribution in [0.5, 0.6) is 0 Å². The minimum Gasteiger partial charge on any atom is -0.271 e. The van der Waals surface area contributed by atoms with Gasteiger partial charge in [0.05, 0.1) is 0 Å². The smallest absolute Gasteiger partial charge is 0.0275 e. The van der Waals surface area contributed by atoms with Gasteiger partial charge in [-0.25, -0.2) is 0 Å². The van der Waals surface area contributed by atoms with E-state index in [0.29, 0.717) is 6.04 Å². The van der Waals surface area contributed by atoms with Crippen LogP contribution in [0.1, 0.15) is 64.7 Å². The minimum absolute atomic E-state index is 0.520. The fourth-order valence-corrected chi connectivity index (χ4v) is 3.42. The maximum Gasteiger partial charge on any atom is 0.0275 e. The van der Waals surface area contributed by atoms with Crippen molar-refractivity contribution in [3.63, 3.8) is 0 Å². The Hall–Kier alpha value is -0.340. The average Bonchev–Trinajstić information content (AvgIpc) is 2.38. The zero-order valence-electron chi connectivity index (χ0n) is 11.3. The van der Waals surface area contributed by atoms with Crippen LogP contribution in [0, 0.1) is 11.8 Å². The Morgan fingerprint density at radius 1 is 1.29 bits per heavy atom. The van der Waals surface area contributed by atoms with Gasteiger partial charge < -0.3 is 0 Å². The zero-order valence-corrected chi connectivity index (χ0v) is 11.3. The molecule has 1 unspecified atom stereocenters. The van der Waals surface area contributed by atoms with Gasteiger partial charge in [-0.3, -0.25) is 11.3 Å². The molecule has 0 aliphatic heterocycles. The molecule has 2 aliphatic rings. The number of rotatable bonds is 4. The maximum absolute atomic E-state index is 5.78. The van der Waals surface area contributed by atoms with Crippen LogP contribution in [0.3, 0.4) is 0 Å². The molecule has 2 aliphatic carbocycles. The SMILES string of the molecule is CC1CCC(C(CC2=CCCCC2)NN)CC1. The van der Waals surface area contributed by atoms with Crippen LogP contribution < -0.4 is 11.3 Å². The maximum atomic E-state index is 5.78. The minimum atomic E-state index is 0.520. The molecule has 1 fully saturated rings. The van der Waals surface area contributed by atoms with Gasteiger partial charge in [-0.15, -0.1) is 0 Å². The highest BCUT2D eigenvalue weighted by Gasteiger charge is 2.26. The molecular formula is C15H28N2. The summed E-state index contributed by atoms with van der Waals surface area (Å²) in [4.78, 5) is 0. The van der Waals surface area contributed by atoms with Gasteiger partial charge in [-0.2, -0.15) is 0 Å². The standard InChI is InChI=1S/C15H28N2/c1-12-7-9-14(10-8-12)15(17-16)11-13-5-3-2-4-6-13/h5,12,14-15,17H,2-4,6-11,16H2,1H3. The monoisotopic (exact) mass is 236 g/mol. The normalized spacial score (nSPS) is 32.0. The summed E-state index contributed by atoms with van der Waals surface area (Å²) < 4.78 is 0. The fourth-order valence-electron chi connectivity index (χ4n) is 3.42. The Labute approximate surface area is 106 Å². The van der Waals surface area contributed by atoms with Gasteiger partial charge in [-0.1, -0.05) is 31.4 Å². The molecule has 0 radical (unpaired) electrons. The molecule has 1 atom stereocenters. The van der Waals surface area contributed by atoms with E-state index in [4.69, 9.17) is 5.84 Å². The average molecular weight is 236 g/mol. The number of hydrogen-bond donors (Lipinski definition) is 2. The number of allylic oxidation sites excluding steroid dienone is 1. The molecular weight excluding hydrogens is 208 g/mol. The van der Waals surface area contributed by atoms with E-state index in [-0.39, 0.29) is 0 Å². The first-order valence-electron chi connectivity index (χ1n) is 7.43. The van der Waals surface area contributed by atoms with Crippen molar-refractivity contribution in [3.8, 4) is 0 Å². The van der Waals surface area contributed by atoms with Crippen LogP contribution in [-0.4, -0.2) is 6.04 Å². The summed E-state index contributed by atoms with van der Waals surface area (Å²) in [6.45, 7) is 2.38. The molecule has 0 amide bonds. The lowest BCUT2D eigenvalue weighted by Gasteiger charge is -2.33. The molecule has 0 aromatic heterocycles. The highest BCUT2D eigenvalue weighted by Crippen LogP contribution is 2.33. The third-order valence-electron chi connectivity index (χ3n) is 4.71. The molecule has 0 saturated heterocycles. The van der Waals surface area contributed by atoms with Crippen molar-refractivity contribution in [2.75, 3.05) is 0 Å². The van der Waals surface area contributed by atoms with Crippen molar-refractivity contribution < 1.29 is 0 Å². The lowest BCUT2D eigenvalue weighted by molar-refractivity contribution is 0.228. The van der Waals surface area contributed by atoms with Crippen molar-refractivity contribution in [2.24, 2.45) is 17.7 Å². The largest absolute Gasteiger partial charge is 0.271 e. The number of hydrazine groups is 1. The van der Waals surface area contributed by atoms with Crippen LogP contribution in [0.25, 0.3) is 0 Å².